The van der Waals surface area contributed by atoms with E-state index >= 15 is 0 Å². The molecule has 102 valence electrons. The molecule has 0 radical (unpaired) electrons. The first kappa shape index (κ1) is 15.1. The normalized spacial score (nSPS) is 12.7. The van der Waals surface area contributed by atoms with Gasteiger partial charge in [0.25, 0.3) is 0 Å². The molecule has 0 fully saturated rings. The highest BCUT2D eigenvalue weighted by Gasteiger charge is 2.15. The van der Waals surface area contributed by atoms with Crippen LogP contribution in [0.3, 0.4) is 0 Å². The van der Waals surface area contributed by atoms with Crippen molar-refractivity contribution in [3.8, 4) is 0 Å². The third-order valence-corrected chi connectivity index (χ3v) is 5.40. The summed E-state index contributed by atoms with van der Waals surface area (Å²) in [5.74, 6) is 0. The van der Waals surface area contributed by atoms with Gasteiger partial charge in [-0.05, 0) is 49.7 Å². The third kappa shape index (κ3) is 3.65. The van der Waals surface area contributed by atoms with Gasteiger partial charge in [-0.15, -0.1) is 11.3 Å². The summed E-state index contributed by atoms with van der Waals surface area (Å²) in [6.45, 7) is 2.02. The Balaban J connectivity index is 2.21. The lowest BCUT2D eigenvalue weighted by Crippen LogP contribution is -2.17. The first-order chi connectivity index (χ1) is 9.01. The Morgan fingerprint density at radius 3 is 2.42 bits per heavy atom. The average molecular weight is 335 g/mol. The van der Waals surface area contributed by atoms with Crippen molar-refractivity contribution in [1.29, 1.82) is 0 Å². The Morgan fingerprint density at radius 2 is 1.89 bits per heavy atom. The lowest BCUT2D eigenvalue weighted by Gasteiger charge is -2.15. The molecular weight excluding hydrogens is 321 g/mol. The fourth-order valence-electron chi connectivity index (χ4n) is 1.90. The van der Waals surface area contributed by atoms with E-state index in [1.807, 2.05) is 32.2 Å². The molecule has 0 amide bonds. The van der Waals surface area contributed by atoms with Crippen LogP contribution in [0.25, 0.3) is 0 Å². The van der Waals surface area contributed by atoms with Gasteiger partial charge in [0.15, 0.2) is 0 Å². The van der Waals surface area contributed by atoms with Gasteiger partial charge >= 0.3 is 0 Å². The number of thiophene rings is 1. The van der Waals surface area contributed by atoms with E-state index in [9.17, 15) is 0 Å². The molecular formula is C14H14Cl3NS. The van der Waals surface area contributed by atoms with Crippen molar-refractivity contribution in [3.63, 3.8) is 0 Å². The van der Waals surface area contributed by atoms with Gasteiger partial charge in [-0.1, -0.05) is 40.9 Å². The zero-order chi connectivity index (χ0) is 14.0. The number of hydrogen-bond donors (Lipinski definition) is 1. The number of aryl methyl sites for hydroxylation is 1. The Hall–Kier alpha value is -0.250. The highest BCUT2D eigenvalue weighted by atomic mass is 35.5. The molecule has 0 aliphatic rings. The lowest BCUT2D eigenvalue weighted by atomic mass is 10.0. The molecule has 1 aromatic heterocycles. The smallest absolute Gasteiger partial charge is 0.0960 e. The SMILES string of the molecule is CNC(Cc1ccc(Cl)c(Cl)c1)c1cc(C)c(Cl)s1. The number of halogens is 3. The van der Waals surface area contributed by atoms with Crippen LogP contribution in [-0.2, 0) is 6.42 Å². The van der Waals surface area contributed by atoms with Gasteiger partial charge in [0.05, 0.1) is 14.4 Å². The zero-order valence-corrected chi connectivity index (χ0v) is 13.7. The van der Waals surface area contributed by atoms with Gasteiger partial charge in [0.2, 0.25) is 0 Å². The second-order valence-corrected chi connectivity index (χ2v) is 6.90. The average Bonchev–Trinajstić information content (AvgIpc) is 2.71. The summed E-state index contributed by atoms with van der Waals surface area (Å²) >= 11 is 19.7. The summed E-state index contributed by atoms with van der Waals surface area (Å²) in [4.78, 5) is 1.23. The second-order valence-electron chi connectivity index (χ2n) is 4.40. The molecule has 1 unspecified atom stereocenters. The fourth-order valence-corrected chi connectivity index (χ4v) is 3.55. The summed E-state index contributed by atoms with van der Waals surface area (Å²) in [5.41, 5.74) is 2.27. The largest absolute Gasteiger partial charge is 0.312 e. The van der Waals surface area contributed by atoms with E-state index in [2.05, 4.69) is 11.4 Å². The lowest BCUT2D eigenvalue weighted by molar-refractivity contribution is 0.602. The number of nitrogens with one attached hydrogen (secondary N) is 1. The molecule has 0 aliphatic carbocycles. The summed E-state index contributed by atoms with van der Waals surface area (Å²) in [6, 6.07) is 8.11. The summed E-state index contributed by atoms with van der Waals surface area (Å²) in [7, 11) is 1.95. The Morgan fingerprint density at radius 1 is 1.16 bits per heavy atom. The fraction of sp³-hybridized carbons (Fsp3) is 0.286. The molecule has 1 nitrogen and oxygen atoms in total. The molecule has 0 saturated carbocycles. The molecule has 0 spiro atoms. The van der Waals surface area contributed by atoms with Crippen LogP contribution >= 0.6 is 46.1 Å². The van der Waals surface area contributed by atoms with Crippen LogP contribution in [0.1, 0.15) is 22.0 Å². The number of likely N-dealkylation sites (N-methyl/N-ethyl adjacent to an activating group) is 1. The molecule has 19 heavy (non-hydrogen) atoms. The Kier molecular flexibility index (Phi) is 5.15. The van der Waals surface area contributed by atoms with E-state index in [-0.39, 0.29) is 6.04 Å². The number of hydrogen-bond acceptors (Lipinski definition) is 2. The van der Waals surface area contributed by atoms with E-state index in [4.69, 9.17) is 34.8 Å². The molecule has 2 aromatic rings. The third-order valence-electron chi connectivity index (χ3n) is 2.99. The summed E-state index contributed by atoms with van der Waals surface area (Å²) < 4.78 is 0.851. The van der Waals surface area contributed by atoms with Crippen molar-refractivity contribution < 1.29 is 0 Å². The van der Waals surface area contributed by atoms with Crippen molar-refractivity contribution in [2.24, 2.45) is 0 Å². The molecule has 1 heterocycles. The van der Waals surface area contributed by atoms with Crippen molar-refractivity contribution in [2.75, 3.05) is 7.05 Å². The van der Waals surface area contributed by atoms with Crippen LogP contribution in [0.15, 0.2) is 24.3 Å². The van der Waals surface area contributed by atoms with E-state index in [0.29, 0.717) is 10.0 Å². The zero-order valence-electron chi connectivity index (χ0n) is 10.6. The predicted octanol–water partition coefficient (Wildman–Crippen LogP) is 5.52. The van der Waals surface area contributed by atoms with E-state index in [1.165, 1.54) is 4.88 Å². The molecule has 5 heteroatoms. The molecule has 1 N–H and O–H groups in total. The standard InChI is InChI=1S/C14H14Cl3NS/c1-8-5-13(19-14(8)17)12(18-2)7-9-3-4-10(15)11(16)6-9/h3-6,12,18H,7H2,1-2H3. The topological polar surface area (TPSA) is 12.0 Å². The van der Waals surface area contributed by atoms with Gasteiger partial charge in [-0.3, -0.25) is 0 Å². The summed E-state index contributed by atoms with van der Waals surface area (Å²) in [5, 5.41) is 4.49. The number of rotatable bonds is 4. The maximum atomic E-state index is 6.13. The molecule has 0 aliphatic heterocycles. The van der Waals surface area contributed by atoms with Crippen LogP contribution < -0.4 is 5.32 Å². The predicted molar refractivity (Wildman–Crippen MR) is 86.0 cm³/mol. The van der Waals surface area contributed by atoms with Crippen LogP contribution in [0.2, 0.25) is 14.4 Å². The number of benzene rings is 1. The van der Waals surface area contributed by atoms with Crippen LogP contribution in [0.4, 0.5) is 0 Å². The quantitative estimate of drug-likeness (QED) is 0.776. The monoisotopic (exact) mass is 333 g/mol. The van der Waals surface area contributed by atoms with Crippen LogP contribution in [0.5, 0.6) is 0 Å². The minimum atomic E-state index is 0.230. The minimum Gasteiger partial charge on any atom is -0.312 e. The minimum absolute atomic E-state index is 0.230. The molecule has 0 bridgehead atoms. The first-order valence-corrected chi connectivity index (χ1v) is 7.83. The Labute approximate surface area is 132 Å². The van der Waals surface area contributed by atoms with Crippen molar-refractivity contribution in [1.82, 2.24) is 5.32 Å². The molecule has 0 saturated heterocycles. The van der Waals surface area contributed by atoms with E-state index < -0.39 is 0 Å². The summed E-state index contributed by atoms with van der Waals surface area (Å²) in [6.07, 6.45) is 0.851. The Bertz CT molecular complexity index is 561. The first-order valence-electron chi connectivity index (χ1n) is 5.88. The van der Waals surface area contributed by atoms with E-state index in [1.54, 1.807) is 11.3 Å². The van der Waals surface area contributed by atoms with Gasteiger partial charge in [-0.25, -0.2) is 0 Å². The van der Waals surface area contributed by atoms with Crippen LogP contribution in [-0.4, -0.2) is 7.05 Å². The highest BCUT2D eigenvalue weighted by Crippen LogP contribution is 2.33. The van der Waals surface area contributed by atoms with Crippen molar-refractivity contribution in [3.05, 3.63) is 54.7 Å². The van der Waals surface area contributed by atoms with Crippen LogP contribution in [0, 0.1) is 6.92 Å². The highest BCUT2D eigenvalue weighted by molar-refractivity contribution is 7.16. The molecule has 1 atom stereocenters. The van der Waals surface area contributed by atoms with Gasteiger partial charge in [-0.2, -0.15) is 0 Å². The van der Waals surface area contributed by atoms with E-state index in [0.717, 1.165) is 21.9 Å². The second kappa shape index (κ2) is 6.47. The maximum Gasteiger partial charge on any atom is 0.0960 e. The van der Waals surface area contributed by atoms with Gasteiger partial charge < -0.3 is 5.32 Å². The molecule has 1 aromatic carbocycles. The van der Waals surface area contributed by atoms with Crippen molar-refractivity contribution in [2.45, 2.75) is 19.4 Å². The van der Waals surface area contributed by atoms with Gasteiger partial charge in [0, 0.05) is 10.9 Å². The van der Waals surface area contributed by atoms with Crippen molar-refractivity contribution >= 4 is 46.1 Å². The maximum absolute atomic E-state index is 6.13. The molecule has 2 rings (SSSR count). The van der Waals surface area contributed by atoms with Gasteiger partial charge in [0.1, 0.15) is 0 Å².